The van der Waals surface area contributed by atoms with Gasteiger partial charge in [-0.3, -0.25) is 14.3 Å². The number of carbonyl (C=O) groups is 3. The number of anilines is 2. The summed E-state index contributed by atoms with van der Waals surface area (Å²) >= 11 is 0. The number of rotatable bonds is 4. The van der Waals surface area contributed by atoms with Crippen LogP contribution in [0.2, 0.25) is 0 Å². The quantitative estimate of drug-likeness (QED) is 0.768. The van der Waals surface area contributed by atoms with E-state index in [2.05, 4.69) is 15.7 Å². The van der Waals surface area contributed by atoms with Gasteiger partial charge in [0.2, 0.25) is 0 Å². The number of benzene rings is 1. The largest absolute Gasteiger partial charge is 0.482 e. The Kier molecular flexibility index (Phi) is 3.91. The van der Waals surface area contributed by atoms with Crippen molar-refractivity contribution < 1.29 is 24.2 Å². The number of fused-ring (bicyclic) bond motifs is 1. The fourth-order valence-electron chi connectivity index (χ4n) is 2.22. The zero-order valence-corrected chi connectivity index (χ0v) is 13.6. The van der Waals surface area contributed by atoms with E-state index >= 15 is 0 Å². The minimum atomic E-state index is -1.24. The molecule has 0 fully saturated rings. The average molecular weight is 344 g/mol. The Morgan fingerprint density at radius 2 is 2.16 bits per heavy atom. The van der Waals surface area contributed by atoms with E-state index in [1.54, 1.807) is 12.1 Å². The molecule has 0 saturated carbocycles. The first-order chi connectivity index (χ1) is 11.8. The summed E-state index contributed by atoms with van der Waals surface area (Å²) in [6.45, 7) is 2.94. The van der Waals surface area contributed by atoms with Crippen molar-refractivity contribution >= 4 is 29.2 Å². The third-order valence-corrected chi connectivity index (χ3v) is 3.81. The van der Waals surface area contributed by atoms with Crippen LogP contribution in [-0.4, -0.2) is 39.3 Å². The van der Waals surface area contributed by atoms with E-state index in [-0.39, 0.29) is 12.5 Å². The lowest BCUT2D eigenvalue weighted by Crippen LogP contribution is -2.35. The highest BCUT2D eigenvalue weighted by Gasteiger charge is 2.30. The van der Waals surface area contributed by atoms with Gasteiger partial charge in [0, 0.05) is 11.8 Å². The third kappa shape index (κ3) is 3.16. The van der Waals surface area contributed by atoms with Gasteiger partial charge in [-0.2, -0.15) is 5.10 Å². The van der Waals surface area contributed by atoms with E-state index in [0.29, 0.717) is 22.7 Å². The van der Waals surface area contributed by atoms with Gasteiger partial charge in [0.15, 0.2) is 12.1 Å². The fourth-order valence-corrected chi connectivity index (χ4v) is 2.22. The van der Waals surface area contributed by atoms with Crippen molar-refractivity contribution in [2.24, 2.45) is 0 Å². The molecule has 1 aromatic heterocycles. The minimum absolute atomic E-state index is 0.0584. The Labute approximate surface area is 142 Å². The number of carbonyl (C=O) groups excluding carboxylic acids is 2. The van der Waals surface area contributed by atoms with E-state index in [0.717, 1.165) is 0 Å². The van der Waals surface area contributed by atoms with Crippen LogP contribution in [0.15, 0.2) is 30.6 Å². The van der Waals surface area contributed by atoms with Crippen LogP contribution in [0, 0.1) is 0 Å². The minimum Gasteiger partial charge on any atom is -0.482 e. The zero-order valence-electron chi connectivity index (χ0n) is 13.6. The first-order valence-corrected chi connectivity index (χ1v) is 7.44. The number of hydrogen-bond acceptors (Lipinski definition) is 5. The van der Waals surface area contributed by atoms with Crippen LogP contribution >= 0.6 is 0 Å². The molecule has 0 saturated heterocycles. The summed E-state index contributed by atoms with van der Waals surface area (Å²) in [4.78, 5) is 35.0. The SMILES string of the molecule is CC(C)(C(=O)O)n1cc(NC(=O)c2ccc3c(c2)NC(=O)CO3)cn1. The number of nitrogens with one attached hydrogen (secondary N) is 2. The smallest absolute Gasteiger partial charge is 0.331 e. The van der Waals surface area contributed by atoms with Gasteiger partial charge in [0.05, 0.1) is 17.6 Å². The molecule has 9 nitrogen and oxygen atoms in total. The fraction of sp³-hybridized carbons (Fsp3) is 0.250. The molecule has 0 atom stereocenters. The van der Waals surface area contributed by atoms with Crippen molar-refractivity contribution in [3.05, 3.63) is 36.2 Å². The first kappa shape index (κ1) is 16.5. The van der Waals surface area contributed by atoms with Crippen molar-refractivity contribution in [1.82, 2.24) is 9.78 Å². The summed E-state index contributed by atoms with van der Waals surface area (Å²) in [5.41, 5.74) is -0.144. The normalized spacial score (nSPS) is 13.4. The van der Waals surface area contributed by atoms with Gasteiger partial charge in [-0.15, -0.1) is 0 Å². The van der Waals surface area contributed by atoms with Crippen LogP contribution in [0.3, 0.4) is 0 Å². The van der Waals surface area contributed by atoms with Crippen LogP contribution in [0.1, 0.15) is 24.2 Å². The molecule has 1 aliphatic rings. The molecule has 0 bridgehead atoms. The van der Waals surface area contributed by atoms with Crippen LogP contribution in [0.25, 0.3) is 0 Å². The number of carboxylic acid groups (broad SMARTS) is 1. The Morgan fingerprint density at radius 1 is 1.40 bits per heavy atom. The van der Waals surface area contributed by atoms with Crippen molar-refractivity contribution in [3.8, 4) is 5.75 Å². The summed E-state index contributed by atoms with van der Waals surface area (Å²) in [6.07, 6.45) is 2.81. The maximum absolute atomic E-state index is 12.4. The second kappa shape index (κ2) is 5.93. The molecule has 3 N–H and O–H groups in total. The molecule has 25 heavy (non-hydrogen) atoms. The monoisotopic (exact) mass is 344 g/mol. The van der Waals surface area contributed by atoms with E-state index in [9.17, 15) is 19.5 Å². The Bertz CT molecular complexity index is 871. The highest BCUT2D eigenvalue weighted by molar-refractivity contribution is 6.06. The molecule has 3 rings (SSSR count). The Morgan fingerprint density at radius 3 is 2.88 bits per heavy atom. The predicted octanol–water partition coefficient (Wildman–Crippen LogP) is 1.29. The molecule has 0 spiro atoms. The third-order valence-electron chi connectivity index (χ3n) is 3.81. The molecule has 0 radical (unpaired) electrons. The van der Waals surface area contributed by atoms with Crippen LogP contribution in [-0.2, 0) is 15.1 Å². The molecular weight excluding hydrogens is 328 g/mol. The number of carboxylic acids is 1. The summed E-state index contributed by atoms with van der Waals surface area (Å²) < 4.78 is 6.50. The maximum Gasteiger partial charge on any atom is 0.331 e. The number of nitrogens with zero attached hydrogens (tertiary/aromatic N) is 2. The van der Waals surface area contributed by atoms with Crippen molar-refractivity contribution in [1.29, 1.82) is 0 Å². The number of aliphatic carboxylic acids is 1. The molecule has 0 unspecified atom stereocenters. The number of aromatic nitrogens is 2. The van der Waals surface area contributed by atoms with Gasteiger partial charge in [0.25, 0.3) is 11.8 Å². The lowest BCUT2D eigenvalue weighted by Gasteiger charge is -2.19. The number of hydrogen-bond donors (Lipinski definition) is 3. The van der Waals surface area contributed by atoms with Gasteiger partial charge in [-0.25, -0.2) is 4.79 Å². The average Bonchev–Trinajstić information content (AvgIpc) is 3.03. The number of amides is 2. The van der Waals surface area contributed by atoms with Gasteiger partial charge < -0.3 is 20.5 Å². The van der Waals surface area contributed by atoms with Crippen LogP contribution in [0.4, 0.5) is 11.4 Å². The molecule has 0 aliphatic carbocycles. The predicted molar refractivity (Wildman–Crippen MR) is 87.7 cm³/mol. The highest BCUT2D eigenvalue weighted by Crippen LogP contribution is 2.28. The van der Waals surface area contributed by atoms with E-state index < -0.39 is 17.4 Å². The lowest BCUT2D eigenvalue weighted by atomic mass is 10.1. The summed E-state index contributed by atoms with van der Waals surface area (Å²) in [6, 6.07) is 4.67. The molecule has 130 valence electrons. The molecule has 1 aromatic carbocycles. The van der Waals surface area contributed by atoms with Gasteiger partial charge in [-0.05, 0) is 32.0 Å². The van der Waals surface area contributed by atoms with E-state index in [1.807, 2.05) is 0 Å². The van der Waals surface area contributed by atoms with Gasteiger partial charge in [-0.1, -0.05) is 0 Å². The standard InChI is InChI=1S/C16H16N4O5/c1-16(2,15(23)24)20-7-10(6-17-20)18-14(22)9-3-4-12-11(5-9)19-13(21)8-25-12/h3-7H,8H2,1-2H3,(H,18,22)(H,19,21)(H,23,24). The van der Waals surface area contributed by atoms with Gasteiger partial charge in [0.1, 0.15) is 5.75 Å². The second-order valence-corrected chi connectivity index (χ2v) is 6.04. The van der Waals surface area contributed by atoms with Crippen LogP contribution < -0.4 is 15.4 Å². The summed E-state index contributed by atoms with van der Waals surface area (Å²) in [5, 5.41) is 18.5. The topological polar surface area (TPSA) is 123 Å². The highest BCUT2D eigenvalue weighted by atomic mass is 16.5. The molecule has 2 amide bonds. The molecule has 1 aliphatic heterocycles. The van der Waals surface area contributed by atoms with Crippen molar-refractivity contribution in [2.45, 2.75) is 19.4 Å². The second-order valence-electron chi connectivity index (χ2n) is 6.04. The maximum atomic E-state index is 12.4. The van der Waals surface area contributed by atoms with E-state index in [1.165, 1.54) is 37.0 Å². The Balaban J connectivity index is 1.77. The molecule has 2 aromatic rings. The van der Waals surface area contributed by atoms with Crippen molar-refractivity contribution in [2.75, 3.05) is 17.2 Å². The van der Waals surface area contributed by atoms with Crippen molar-refractivity contribution in [3.63, 3.8) is 0 Å². The summed E-state index contributed by atoms with van der Waals surface area (Å²) in [7, 11) is 0. The zero-order chi connectivity index (χ0) is 18.2. The molecule has 2 heterocycles. The van der Waals surface area contributed by atoms with E-state index in [4.69, 9.17) is 4.74 Å². The van der Waals surface area contributed by atoms with Gasteiger partial charge >= 0.3 is 5.97 Å². The Hall–Kier alpha value is -3.36. The summed E-state index contributed by atoms with van der Waals surface area (Å²) in [5.74, 6) is -1.26. The first-order valence-electron chi connectivity index (χ1n) is 7.44. The lowest BCUT2D eigenvalue weighted by molar-refractivity contribution is -0.146. The van der Waals surface area contributed by atoms with Crippen LogP contribution in [0.5, 0.6) is 5.75 Å². The molecular formula is C16H16N4O5. The molecule has 9 heteroatoms. The number of ether oxygens (including phenoxy) is 1.